The Kier molecular flexibility index (Phi) is 3.58. The monoisotopic (exact) mass is 313 g/mol. The van der Waals surface area contributed by atoms with E-state index in [1.807, 2.05) is 0 Å². The molecule has 0 aromatic heterocycles. The predicted octanol–water partition coefficient (Wildman–Crippen LogP) is 3.26. The fraction of sp³-hybridized carbons (Fsp3) is 0.467. The van der Waals surface area contributed by atoms with E-state index in [1.54, 1.807) is 0 Å². The molecule has 1 saturated heterocycles. The molecule has 0 unspecified atom stereocenters. The van der Waals surface area contributed by atoms with Gasteiger partial charge in [0.05, 0.1) is 17.5 Å². The molecule has 1 aliphatic heterocycles. The number of rotatable bonds is 2. The van der Waals surface area contributed by atoms with Crippen molar-refractivity contribution >= 4 is 17.5 Å². The van der Waals surface area contributed by atoms with Gasteiger partial charge >= 0.3 is 6.36 Å². The van der Waals surface area contributed by atoms with Crippen LogP contribution in [-0.2, 0) is 9.59 Å². The molecule has 22 heavy (non-hydrogen) atoms. The molecule has 0 spiro atoms. The smallest absolute Gasteiger partial charge is 0.406 e. The first-order valence-electron chi connectivity index (χ1n) is 7.10. The van der Waals surface area contributed by atoms with Crippen molar-refractivity contribution in [2.45, 2.75) is 32.0 Å². The van der Waals surface area contributed by atoms with E-state index in [-0.39, 0.29) is 29.4 Å². The molecule has 2 atom stereocenters. The number of imide groups is 1. The van der Waals surface area contributed by atoms with Gasteiger partial charge < -0.3 is 4.74 Å². The summed E-state index contributed by atoms with van der Waals surface area (Å²) in [5, 5.41) is 0. The summed E-state index contributed by atoms with van der Waals surface area (Å²) < 4.78 is 40.2. The topological polar surface area (TPSA) is 46.6 Å². The van der Waals surface area contributed by atoms with E-state index >= 15 is 0 Å². The van der Waals surface area contributed by atoms with Crippen molar-refractivity contribution in [1.82, 2.24) is 0 Å². The molecular formula is C15H14F3NO3. The normalized spacial score (nSPS) is 25.3. The Bertz CT molecular complexity index is 573. The van der Waals surface area contributed by atoms with E-state index in [0.29, 0.717) is 18.5 Å². The minimum Gasteiger partial charge on any atom is -0.406 e. The van der Waals surface area contributed by atoms with Gasteiger partial charge in [0.15, 0.2) is 0 Å². The van der Waals surface area contributed by atoms with Crippen LogP contribution in [0.15, 0.2) is 24.3 Å². The van der Waals surface area contributed by atoms with Crippen molar-refractivity contribution < 1.29 is 27.5 Å². The second-order valence-corrected chi connectivity index (χ2v) is 5.55. The van der Waals surface area contributed by atoms with Crippen molar-refractivity contribution in [3.05, 3.63) is 24.3 Å². The zero-order chi connectivity index (χ0) is 15.9. The minimum atomic E-state index is -4.77. The van der Waals surface area contributed by atoms with Crippen LogP contribution in [0, 0.1) is 11.8 Å². The lowest BCUT2D eigenvalue weighted by molar-refractivity contribution is -0.274. The number of benzene rings is 1. The fourth-order valence-electron chi connectivity index (χ4n) is 3.21. The van der Waals surface area contributed by atoms with Gasteiger partial charge in [-0.2, -0.15) is 0 Å². The largest absolute Gasteiger partial charge is 0.573 e. The van der Waals surface area contributed by atoms with Crippen molar-refractivity contribution in [3.8, 4) is 5.75 Å². The van der Waals surface area contributed by atoms with Crippen LogP contribution in [0.1, 0.15) is 25.7 Å². The number of fused-ring (bicyclic) bond motifs is 1. The maximum atomic E-state index is 12.4. The minimum absolute atomic E-state index is 0.251. The molecule has 1 saturated carbocycles. The zero-order valence-corrected chi connectivity index (χ0v) is 11.6. The lowest BCUT2D eigenvalue weighted by atomic mass is 9.81. The van der Waals surface area contributed by atoms with E-state index < -0.39 is 6.36 Å². The maximum absolute atomic E-state index is 12.4. The summed E-state index contributed by atoms with van der Waals surface area (Å²) in [6, 6.07) is 4.80. The summed E-state index contributed by atoms with van der Waals surface area (Å²) >= 11 is 0. The molecule has 118 valence electrons. The third kappa shape index (κ3) is 2.67. The van der Waals surface area contributed by atoms with Crippen molar-refractivity contribution in [2.24, 2.45) is 11.8 Å². The van der Waals surface area contributed by atoms with E-state index in [0.717, 1.165) is 29.9 Å². The number of carbonyl (C=O) groups is 2. The van der Waals surface area contributed by atoms with Crippen LogP contribution in [0.25, 0.3) is 0 Å². The molecule has 1 aliphatic carbocycles. The van der Waals surface area contributed by atoms with E-state index in [1.165, 1.54) is 12.1 Å². The number of carbonyl (C=O) groups excluding carboxylic acids is 2. The van der Waals surface area contributed by atoms with Crippen LogP contribution in [0.4, 0.5) is 18.9 Å². The third-order valence-corrected chi connectivity index (χ3v) is 4.17. The molecule has 2 aliphatic rings. The van der Waals surface area contributed by atoms with Crippen LogP contribution >= 0.6 is 0 Å². The molecule has 0 bridgehead atoms. The SMILES string of the molecule is O=C1[C@H]2CCCC[C@H]2C(=O)N1c1ccc(OC(F)(F)F)cc1. The molecule has 7 heteroatoms. The van der Waals surface area contributed by atoms with Crippen LogP contribution in [0.5, 0.6) is 5.75 Å². The molecule has 0 N–H and O–H groups in total. The summed E-state index contributed by atoms with van der Waals surface area (Å²) in [5.74, 6) is -1.45. The fourth-order valence-corrected chi connectivity index (χ4v) is 3.21. The van der Waals surface area contributed by atoms with Gasteiger partial charge in [-0.25, -0.2) is 0 Å². The van der Waals surface area contributed by atoms with Crippen molar-refractivity contribution in [3.63, 3.8) is 0 Å². The molecule has 0 radical (unpaired) electrons. The number of anilines is 1. The van der Waals surface area contributed by atoms with Gasteiger partial charge in [-0.3, -0.25) is 14.5 Å². The highest BCUT2D eigenvalue weighted by molar-refractivity contribution is 6.22. The zero-order valence-electron chi connectivity index (χ0n) is 11.6. The summed E-state index contributed by atoms with van der Waals surface area (Å²) in [6.07, 6.45) is -1.53. The number of alkyl halides is 3. The lowest BCUT2D eigenvalue weighted by Gasteiger charge is -2.19. The Balaban J connectivity index is 1.82. The molecule has 1 aromatic rings. The summed E-state index contributed by atoms with van der Waals surface area (Å²) in [5.41, 5.74) is 0.291. The average molecular weight is 313 g/mol. The highest BCUT2D eigenvalue weighted by atomic mass is 19.4. The number of hydrogen-bond acceptors (Lipinski definition) is 3. The van der Waals surface area contributed by atoms with Gasteiger partial charge in [0.2, 0.25) is 11.8 Å². The molecule has 4 nitrogen and oxygen atoms in total. The number of halogens is 3. The molecule has 1 aromatic carbocycles. The van der Waals surface area contributed by atoms with Crippen molar-refractivity contribution in [2.75, 3.05) is 4.90 Å². The summed E-state index contributed by atoms with van der Waals surface area (Å²) in [4.78, 5) is 25.8. The second kappa shape index (κ2) is 5.30. The quantitative estimate of drug-likeness (QED) is 0.787. The molecule has 1 heterocycles. The Hall–Kier alpha value is -2.05. The first kappa shape index (κ1) is 14.9. The van der Waals surface area contributed by atoms with Crippen LogP contribution < -0.4 is 9.64 Å². The highest BCUT2D eigenvalue weighted by Crippen LogP contribution is 2.40. The van der Waals surface area contributed by atoms with Gasteiger partial charge in [-0.1, -0.05) is 12.8 Å². The van der Waals surface area contributed by atoms with Gasteiger partial charge in [0, 0.05) is 0 Å². The molecule has 2 amide bonds. The van der Waals surface area contributed by atoms with E-state index in [9.17, 15) is 22.8 Å². The highest BCUT2D eigenvalue weighted by Gasteiger charge is 2.48. The Morgan fingerprint density at radius 3 is 1.91 bits per heavy atom. The summed E-state index contributed by atoms with van der Waals surface area (Å²) in [6.45, 7) is 0. The van der Waals surface area contributed by atoms with Gasteiger partial charge in [-0.15, -0.1) is 13.2 Å². The van der Waals surface area contributed by atoms with Gasteiger partial charge in [0.1, 0.15) is 5.75 Å². The standard InChI is InChI=1S/C15H14F3NO3/c16-15(17,18)22-10-7-5-9(6-8-10)19-13(20)11-3-1-2-4-12(11)14(19)21/h5-8,11-12H,1-4H2/t11-,12+. The van der Waals surface area contributed by atoms with E-state index in [2.05, 4.69) is 4.74 Å². The van der Waals surface area contributed by atoms with Gasteiger partial charge in [-0.05, 0) is 37.1 Å². The molecule has 2 fully saturated rings. The lowest BCUT2D eigenvalue weighted by Crippen LogP contribution is -2.30. The third-order valence-electron chi connectivity index (χ3n) is 4.17. The predicted molar refractivity (Wildman–Crippen MR) is 71.1 cm³/mol. The summed E-state index contributed by atoms with van der Waals surface area (Å²) in [7, 11) is 0. The number of hydrogen-bond donors (Lipinski definition) is 0. The van der Waals surface area contributed by atoms with E-state index in [4.69, 9.17) is 0 Å². The van der Waals surface area contributed by atoms with Crippen LogP contribution in [0.3, 0.4) is 0 Å². The number of ether oxygens (including phenoxy) is 1. The van der Waals surface area contributed by atoms with Gasteiger partial charge in [0.25, 0.3) is 0 Å². The Morgan fingerprint density at radius 2 is 1.45 bits per heavy atom. The van der Waals surface area contributed by atoms with Crippen LogP contribution in [-0.4, -0.2) is 18.2 Å². The van der Waals surface area contributed by atoms with Crippen molar-refractivity contribution in [1.29, 1.82) is 0 Å². The number of amides is 2. The first-order chi connectivity index (χ1) is 10.4. The first-order valence-corrected chi connectivity index (χ1v) is 7.10. The maximum Gasteiger partial charge on any atom is 0.573 e. The Labute approximate surface area is 124 Å². The number of nitrogens with zero attached hydrogens (tertiary/aromatic N) is 1. The second-order valence-electron chi connectivity index (χ2n) is 5.55. The average Bonchev–Trinajstić information content (AvgIpc) is 2.71. The Morgan fingerprint density at radius 1 is 0.955 bits per heavy atom. The van der Waals surface area contributed by atoms with Crippen LogP contribution in [0.2, 0.25) is 0 Å². The molecular weight excluding hydrogens is 299 g/mol. The molecule has 3 rings (SSSR count).